The topological polar surface area (TPSA) is 167 Å². The summed E-state index contributed by atoms with van der Waals surface area (Å²) in [5.74, 6) is -1.66. The molecule has 12 nitrogen and oxygen atoms in total. The molecule has 49 heavy (non-hydrogen) atoms. The summed E-state index contributed by atoms with van der Waals surface area (Å²) in [5, 5.41) is 35.6. The zero-order valence-corrected chi connectivity index (χ0v) is 28.8. The molecule has 4 atom stereocenters. The number of carbonyl (C=O) groups excluding carboxylic acids is 2. The Hall–Kier alpha value is -4.66. The third-order valence-corrected chi connectivity index (χ3v) is 9.41. The number of carbonyl (C=O) groups is 2. The first-order valence-electron chi connectivity index (χ1n) is 16.0. The first kappa shape index (κ1) is 37.2. The van der Waals surface area contributed by atoms with Crippen LogP contribution in [0.5, 0.6) is 0 Å². The highest BCUT2D eigenvalue weighted by Gasteiger charge is 2.26. The van der Waals surface area contributed by atoms with Gasteiger partial charge in [-0.25, -0.2) is 17.5 Å². The number of amides is 2. The first-order chi connectivity index (χ1) is 23.2. The monoisotopic (exact) mass is 694 g/mol. The van der Waals surface area contributed by atoms with Crippen molar-refractivity contribution in [1.82, 2.24) is 25.6 Å². The molecule has 0 aliphatic rings. The fourth-order valence-electron chi connectivity index (χ4n) is 5.18. The minimum absolute atomic E-state index is 0.0139. The van der Waals surface area contributed by atoms with Crippen LogP contribution in [0.15, 0.2) is 79.0 Å². The lowest BCUT2D eigenvalue weighted by molar-refractivity contribution is 0.0778. The molecule has 0 radical (unpaired) electrons. The van der Waals surface area contributed by atoms with Crippen molar-refractivity contribution in [3.05, 3.63) is 113 Å². The summed E-state index contributed by atoms with van der Waals surface area (Å²) in [5.41, 5.74) is 1.94. The van der Waals surface area contributed by atoms with Crippen molar-refractivity contribution in [2.24, 2.45) is 0 Å². The van der Waals surface area contributed by atoms with Crippen LogP contribution in [0.1, 0.15) is 82.8 Å². The number of halogens is 1. The molecule has 14 heteroatoms. The van der Waals surface area contributed by atoms with Crippen LogP contribution in [0.3, 0.4) is 0 Å². The van der Waals surface area contributed by atoms with E-state index in [2.05, 4.69) is 20.9 Å². The molecule has 0 fully saturated rings. The average Bonchev–Trinajstić information content (AvgIpc) is 3.55. The zero-order valence-electron chi connectivity index (χ0n) is 28.0. The zero-order chi connectivity index (χ0) is 35.7. The number of anilines is 1. The number of nitrogens with one attached hydrogen (secondary N) is 2. The maximum Gasteiger partial charge on any atom is 0.251 e. The molecule has 0 aliphatic heterocycles. The van der Waals surface area contributed by atoms with Crippen LogP contribution in [-0.4, -0.2) is 70.9 Å². The minimum atomic E-state index is -3.77. The lowest BCUT2D eigenvalue weighted by atomic mass is 10.00. The van der Waals surface area contributed by atoms with E-state index in [1.165, 1.54) is 42.1 Å². The van der Waals surface area contributed by atoms with Gasteiger partial charge < -0.3 is 20.8 Å². The molecule has 1 unspecified atom stereocenters. The van der Waals surface area contributed by atoms with Crippen LogP contribution in [0, 0.1) is 5.82 Å². The summed E-state index contributed by atoms with van der Waals surface area (Å²) in [4.78, 5) is 27.3. The van der Waals surface area contributed by atoms with Gasteiger partial charge in [0.05, 0.1) is 49.0 Å². The number of aromatic nitrogens is 3. The highest BCUT2D eigenvalue weighted by molar-refractivity contribution is 7.92. The molecule has 4 N–H and O–H groups in total. The number of hydrogen-bond acceptors (Lipinski definition) is 8. The Balaban J connectivity index is 1.61. The molecule has 4 rings (SSSR count). The maximum atomic E-state index is 13.8. The first-order valence-corrected chi connectivity index (χ1v) is 17.9. The maximum absolute atomic E-state index is 13.8. The van der Waals surface area contributed by atoms with Gasteiger partial charge in [-0.1, -0.05) is 67.4 Å². The van der Waals surface area contributed by atoms with Gasteiger partial charge in [0.25, 0.3) is 11.8 Å². The third kappa shape index (κ3) is 10.4. The molecule has 0 spiro atoms. The molecule has 3 aromatic carbocycles. The van der Waals surface area contributed by atoms with Gasteiger partial charge in [-0.05, 0) is 61.2 Å². The van der Waals surface area contributed by atoms with Crippen molar-refractivity contribution < 1.29 is 32.6 Å². The van der Waals surface area contributed by atoms with Crippen molar-refractivity contribution in [1.29, 1.82) is 0 Å². The number of hydrogen-bond donors (Lipinski definition) is 4. The largest absolute Gasteiger partial charge is 0.389 e. The number of aliphatic hydroxyl groups excluding tert-OH is 2. The Morgan fingerprint density at radius 1 is 0.980 bits per heavy atom. The van der Waals surface area contributed by atoms with Crippen molar-refractivity contribution in [2.75, 3.05) is 17.6 Å². The van der Waals surface area contributed by atoms with Gasteiger partial charge in [-0.15, -0.1) is 5.10 Å². The van der Waals surface area contributed by atoms with Crippen LogP contribution in [0.2, 0.25) is 0 Å². The second kappa shape index (κ2) is 16.6. The number of nitrogens with zero attached hydrogens (tertiary/aromatic N) is 4. The van der Waals surface area contributed by atoms with Crippen molar-refractivity contribution >= 4 is 27.5 Å². The van der Waals surface area contributed by atoms with E-state index in [4.69, 9.17) is 0 Å². The summed E-state index contributed by atoms with van der Waals surface area (Å²) < 4.78 is 40.7. The van der Waals surface area contributed by atoms with Gasteiger partial charge in [0.2, 0.25) is 10.0 Å². The molecule has 0 bridgehead atoms. The predicted octanol–water partition coefficient (Wildman–Crippen LogP) is 3.93. The quantitative estimate of drug-likeness (QED) is 0.137. The van der Waals surface area contributed by atoms with E-state index < -0.39 is 51.9 Å². The number of sulfonamides is 1. The summed E-state index contributed by atoms with van der Waals surface area (Å²) in [6, 6.07) is 17.6. The van der Waals surface area contributed by atoms with E-state index in [9.17, 15) is 32.6 Å². The van der Waals surface area contributed by atoms with Crippen LogP contribution in [0.4, 0.5) is 10.1 Å². The molecule has 0 saturated heterocycles. The van der Waals surface area contributed by atoms with Crippen LogP contribution < -0.4 is 14.9 Å². The van der Waals surface area contributed by atoms with Gasteiger partial charge in [-0.3, -0.25) is 13.9 Å². The van der Waals surface area contributed by atoms with Crippen LogP contribution in [0.25, 0.3) is 0 Å². The van der Waals surface area contributed by atoms with E-state index in [-0.39, 0.29) is 29.8 Å². The van der Waals surface area contributed by atoms with E-state index in [0.717, 1.165) is 29.0 Å². The molecule has 4 aromatic rings. The van der Waals surface area contributed by atoms with E-state index >= 15 is 0 Å². The lowest BCUT2D eigenvalue weighted by Gasteiger charge is -2.25. The molecule has 1 heterocycles. The Morgan fingerprint density at radius 3 is 2.22 bits per heavy atom. The normalized spacial score (nSPS) is 14.0. The van der Waals surface area contributed by atoms with Gasteiger partial charge in [0.1, 0.15) is 11.5 Å². The predicted molar refractivity (Wildman–Crippen MR) is 184 cm³/mol. The smallest absolute Gasteiger partial charge is 0.251 e. The van der Waals surface area contributed by atoms with Crippen LogP contribution >= 0.6 is 0 Å². The van der Waals surface area contributed by atoms with Gasteiger partial charge >= 0.3 is 0 Å². The Bertz CT molecular complexity index is 1820. The fourth-order valence-corrected chi connectivity index (χ4v) is 5.67. The SMILES string of the molecule is CCCCC(O)c1cn(C[C@H](O)[C@H](Cc2ccccc2)NC(=O)c2cc(C(=O)N[C@H](C)c3ccc(F)cc3)cc(N(C)S(C)(=O)=O)c2)nn1. The second-order valence-corrected chi connectivity index (χ2v) is 14.1. The molecule has 0 saturated carbocycles. The standard InChI is InChI=1S/C35H43FN6O6S/c1-5-6-12-32(43)31-21-42(40-39-31)22-33(44)30(17-24-10-8-7-9-11-24)38-35(46)27-18-26(19-29(20-27)41(3)49(4,47)48)34(45)37-23(2)25-13-15-28(36)16-14-25/h7-11,13-16,18-21,23,30,32-33,43-44H,5-6,12,17,22H2,1-4H3,(H,37,45)(H,38,46)/t23-,30+,32?,33+/m1/s1. The van der Waals surface area contributed by atoms with Gasteiger partial charge in [0.15, 0.2) is 0 Å². The molecular weight excluding hydrogens is 651 g/mol. The summed E-state index contributed by atoms with van der Waals surface area (Å²) >= 11 is 0. The molecule has 2 amide bonds. The van der Waals surface area contributed by atoms with Gasteiger partial charge in [-0.2, -0.15) is 0 Å². The Labute approximate surface area is 286 Å². The van der Waals surface area contributed by atoms with E-state index in [1.807, 2.05) is 37.3 Å². The summed E-state index contributed by atoms with van der Waals surface area (Å²) in [6.45, 7) is 3.69. The summed E-state index contributed by atoms with van der Waals surface area (Å²) in [6.07, 6.45) is 3.12. The average molecular weight is 695 g/mol. The molecule has 262 valence electrons. The van der Waals surface area contributed by atoms with Crippen LogP contribution in [-0.2, 0) is 23.0 Å². The molecule has 1 aromatic heterocycles. The number of aliphatic hydroxyl groups is 2. The minimum Gasteiger partial charge on any atom is -0.389 e. The Kier molecular flexibility index (Phi) is 12.6. The Morgan fingerprint density at radius 2 is 1.61 bits per heavy atom. The second-order valence-electron chi connectivity index (χ2n) is 12.1. The number of benzene rings is 3. The van der Waals surface area contributed by atoms with E-state index in [0.29, 0.717) is 17.7 Å². The number of rotatable bonds is 16. The van der Waals surface area contributed by atoms with E-state index in [1.54, 1.807) is 25.3 Å². The van der Waals surface area contributed by atoms with Gasteiger partial charge in [0, 0.05) is 18.2 Å². The third-order valence-electron chi connectivity index (χ3n) is 8.20. The highest BCUT2D eigenvalue weighted by atomic mass is 32.2. The molecule has 0 aliphatic carbocycles. The molecular formula is C35H43FN6O6S. The highest BCUT2D eigenvalue weighted by Crippen LogP contribution is 2.23. The lowest BCUT2D eigenvalue weighted by Crippen LogP contribution is -2.46. The van der Waals surface area contributed by atoms with Crippen molar-refractivity contribution in [2.45, 2.75) is 70.4 Å². The summed E-state index contributed by atoms with van der Waals surface area (Å²) in [7, 11) is -2.46. The van der Waals surface area contributed by atoms with Crippen molar-refractivity contribution in [3.63, 3.8) is 0 Å². The fraction of sp³-hybridized carbons (Fsp3) is 0.371. The van der Waals surface area contributed by atoms with Crippen molar-refractivity contribution in [3.8, 4) is 0 Å². The number of unbranched alkanes of at least 4 members (excludes halogenated alkanes) is 1.